The lowest BCUT2D eigenvalue weighted by atomic mass is 10.0. The molecule has 3 rings (SSSR count). The quantitative estimate of drug-likeness (QED) is 0.711. The van der Waals surface area contributed by atoms with Crippen LogP contribution in [0.2, 0.25) is 5.02 Å². The standard InChI is InChI=1S/C19H23BrClN3O3/c1-19(2,3)27-18(26)23-15-6-7-24(10-16(15)25)17-12-8-11(20)4-5-14(12)22-9-13(17)21/h4-5,8-9,15-16,25H,6-7,10H2,1-3H3,(H,23,26)/t15-,16+/m0/s1. The number of ether oxygens (including phenoxy) is 1. The fraction of sp³-hybridized carbons (Fsp3) is 0.474. The van der Waals surface area contributed by atoms with Crippen molar-refractivity contribution in [2.45, 2.75) is 44.9 Å². The minimum atomic E-state index is -0.738. The molecule has 8 heteroatoms. The molecular formula is C19H23BrClN3O3. The van der Waals surface area contributed by atoms with Gasteiger partial charge in [0.1, 0.15) is 5.60 Å². The fourth-order valence-corrected chi connectivity index (χ4v) is 3.84. The SMILES string of the molecule is CC(C)(C)OC(=O)N[C@H]1CCN(c2c(Cl)cnc3ccc(Br)cc23)C[C@H]1O. The molecule has 27 heavy (non-hydrogen) atoms. The van der Waals surface area contributed by atoms with Crippen LogP contribution in [0.1, 0.15) is 27.2 Å². The summed E-state index contributed by atoms with van der Waals surface area (Å²) in [7, 11) is 0. The van der Waals surface area contributed by atoms with Crippen molar-refractivity contribution in [1.29, 1.82) is 0 Å². The molecule has 2 N–H and O–H groups in total. The number of aromatic nitrogens is 1. The van der Waals surface area contributed by atoms with Crippen LogP contribution in [0.25, 0.3) is 10.9 Å². The van der Waals surface area contributed by atoms with Crippen molar-refractivity contribution >= 4 is 50.2 Å². The molecule has 0 spiro atoms. The minimum absolute atomic E-state index is 0.353. The number of carbonyl (C=O) groups excluding carboxylic acids is 1. The van der Waals surface area contributed by atoms with E-state index in [1.807, 2.05) is 23.1 Å². The van der Waals surface area contributed by atoms with E-state index in [1.165, 1.54) is 0 Å². The van der Waals surface area contributed by atoms with E-state index in [2.05, 4.69) is 26.2 Å². The summed E-state index contributed by atoms with van der Waals surface area (Å²) in [4.78, 5) is 18.4. The highest BCUT2D eigenvalue weighted by Gasteiger charge is 2.31. The Morgan fingerprint density at radius 3 is 2.85 bits per heavy atom. The predicted molar refractivity (Wildman–Crippen MR) is 110 cm³/mol. The van der Waals surface area contributed by atoms with Crippen molar-refractivity contribution in [3.63, 3.8) is 0 Å². The third-order valence-corrected chi connectivity index (χ3v) is 5.13. The number of alkyl carbamates (subject to hydrolysis) is 1. The van der Waals surface area contributed by atoms with Gasteiger partial charge in [-0.2, -0.15) is 0 Å². The molecule has 0 radical (unpaired) electrons. The van der Waals surface area contributed by atoms with Crippen LogP contribution in [0, 0.1) is 0 Å². The molecule has 6 nitrogen and oxygen atoms in total. The van der Waals surface area contributed by atoms with Crippen molar-refractivity contribution < 1.29 is 14.6 Å². The van der Waals surface area contributed by atoms with Gasteiger partial charge in [0.15, 0.2) is 0 Å². The number of aliphatic hydroxyl groups is 1. The summed E-state index contributed by atoms with van der Waals surface area (Å²) in [6, 6.07) is 5.46. The van der Waals surface area contributed by atoms with Crippen LogP contribution in [0.4, 0.5) is 10.5 Å². The van der Waals surface area contributed by atoms with E-state index in [9.17, 15) is 9.90 Å². The Hall–Kier alpha value is -1.57. The van der Waals surface area contributed by atoms with Crippen LogP contribution in [0.3, 0.4) is 0 Å². The lowest BCUT2D eigenvalue weighted by Gasteiger charge is -2.38. The van der Waals surface area contributed by atoms with Crippen LogP contribution in [-0.4, -0.2) is 47.0 Å². The Labute approximate surface area is 172 Å². The molecule has 1 amide bonds. The second-order valence-corrected chi connectivity index (χ2v) is 8.99. The minimum Gasteiger partial charge on any atom is -0.444 e. The van der Waals surface area contributed by atoms with Gasteiger partial charge >= 0.3 is 6.09 Å². The first-order chi connectivity index (χ1) is 12.6. The maximum Gasteiger partial charge on any atom is 0.407 e. The zero-order valence-corrected chi connectivity index (χ0v) is 17.8. The molecule has 1 aliphatic rings. The molecule has 2 atom stereocenters. The van der Waals surface area contributed by atoms with Gasteiger partial charge in [0, 0.05) is 29.1 Å². The number of nitrogens with zero attached hydrogens (tertiary/aromatic N) is 2. The third-order valence-electron chi connectivity index (χ3n) is 4.36. The molecule has 1 aliphatic heterocycles. The number of anilines is 1. The molecule has 0 unspecified atom stereocenters. The van der Waals surface area contributed by atoms with E-state index in [0.717, 1.165) is 21.1 Å². The Morgan fingerprint density at radius 2 is 2.19 bits per heavy atom. The highest BCUT2D eigenvalue weighted by Crippen LogP contribution is 2.36. The number of nitrogens with one attached hydrogen (secondary N) is 1. The Balaban J connectivity index is 1.77. The lowest BCUT2D eigenvalue weighted by Crippen LogP contribution is -2.55. The van der Waals surface area contributed by atoms with Gasteiger partial charge in [0.25, 0.3) is 0 Å². The number of fused-ring (bicyclic) bond motifs is 1. The summed E-state index contributed by atoms with van der Waals surface area (Å²) in [5, 5.41) is 14.8. The predicted octanol–water partition coefficient (Wildman–Crippen LogP) is 4.12. The molecule has 146 valence electrons. The number of halogens is 2. The van der Waals surface area contributed by atoms with Crippen molar-refractivity contribution in [3.05, 3.63) is 33.9 Å². The molecule has 0 bridgehead atoms. The number of β-amino-alcohol motifs (C(OH)–C–C–N with tert-alkyl or cyclic N) is 1. The largest absolute Gasteiger partial charge is 0.444 e. The van der Waals surface area contributed by atoms with Crippen molar-refractivity contribution in [2.75, 3.05) is 18.0 Å². The van der Waals surface area contributed by atoms with Gasteiger partial charge in [-0.3, -0.25) is 4.98 Å². The number of piperidine rings is 1. The molecule has 1 aromatic heterocycles. The maximum atomic E-state index is 12.0. The van der Waals surface area contributed by atoms with Gasteiger partial charge in [0.2, 0.25) is 0 Å². The summed E-state index contributed by atoms with van der Waals surface area (Å²) in [5.41, 5.74) is 1.10. The average Bonchev–Trinajstić information content (AvgIpc) is 2.55. The van der Waals surface area contributed by atoms with Crippen molar-refractivity contribution in [3.8, 4) is 0 Å². The monoisotopic (exact) mass is 455 g/mol. The first kappa shape index (κ1) is 20.2. The molecule has 2 aromatic rings. The van der Waals surface area contributed by atoms with Crippen molar-refractivity contribution in [1.82, 2.24) is 10.3 Å². The van der Waals surface area contributed by atoms with Gasteiger partial charge in [-0.05, 0) is 45.4 Å². The van der Waals surface area contributed by atoms with E-state index in [-0.39, 0.29) is 6.04 Å². The molecule has 0 aliphatic carbocycles. The molecule has 1 fully saturated rings. The topological polar surface area (TPSA) is 74.7 Å². The number of benzene rings is 1. The van der Waals surface area contributed by atoms with E-state index >= 15 is 0 Å². The number of aliphatic hydroxyl groups excluding tert-OH is 1. The summed E-state index contributed by atoms with van der Waals surface area (Å²) >= 11 is 9.93. The Morgan fingerprint density at radius 1 is 1.44 bits per heavy atom. The van der Waals surface area contributed by atoms with Gasteiger partial charge in [-0.1, -0.05) is 27.5 Å². The smallest absolute Gasteiger partial charge is 0.407 e. The summed E-state index contributed by atoms with van der Waals surface area (Å²) in [6.07, 6.45) is 0.952. The number of pyridine rings is 1. The van der Waals surface area contributed by atoms with Gasteiger partial charge in [0.05, 0.1) is 28.4 Å². The zero-order chi connectivity index (χ0) is 19.8. The number of rotatable bonds is 2. The summed E-state index contributed by atoms with van der Waals surface area (Å²) in [6.45, 7) is 6.41. The van der Waals surface area contributed by atoms with Crippen LogP contribution >= 0.6 is 27.5 Å². The van der Waals surface area contributed by atoms with Crippen molar-refractivity contribution in [2.24, 2.45) is 0 Å². The zero-order valence-electron chi connectivity index (χ0n) is 15.5. The normalized spacial score (nSPS) is 20.6. The Bertz CT molecular complexity index is 851. The highest BCUT2D eigenvalue weighted by molar-refractivity contribution is 9.10. The number of amides is 1. The van der Waals surface area contributed by atoms with Gasteiger partial charge < -0.3 is 20.1 Å². The van der Waals surface area contributed by atoms with Crippen LogP contribution < -0.4 is 10.2 Å². The molecular weight excluding hydrogens is 434 g/mol. The van der Waals surface area contributed by atoms with Gasteiger partial charge in [-0.15, -0.1) is 0 Å². The Kier molecular flexibility index (Phi) is 5.84. The highest BCUT2D eigenvalue weighted by atomic mass is 79.9. The van der Waals surface area contributed by atoms with Crippen LogP contribution in [0.15, 0.2) is 28.9 Å². The first-order valence-corrected chi connectivity index (χ1v) is 9.97. The van der Waals surface area contributed by atoms with E-state index in [4.69, 9.17) is 16.3 Å². The third kappa shape index (κ3) is 4.83. The van der Waals surface area contributed by atoms with E-state index in [0.29, 0.717) is 24.5 Å². The number of hydrogen-bond donors (Lipinski definition) is 2. The van der Waals surface area contributed by atoms with Crippen LogP contribution in [0.5, 0.6) is 0 Å². The first-order valence-electron chi connectivity index (χ1n) is 8.80. The van der Waals surface area contributed by atoms with Crippen LogP contribution in [-0.2, 0) is 4.74 Å². The second kappa shape index (κ2) is 7.81. The maximum absolute atomic E-state index is 12.0. The second-order valence-electron chi connectivity index (χ2n) is 7.67. The summed E-state index contributed by atoms with van der Waals surface area (Å²) in [5.74, 6) is 0. The fourth-order valence-electron chi connectivity index (χ4n) is 3.21. The van der Waals surface area contributed by atoms with E-state index < -0.39 is 17.8 Å². The molecule has 1 aromatic carbocycles. The molecule has 2 heterocycles. The van der Waals surface area contributed by atoms with E-state index in [1.54, 1.807) is 27.0 Å². The van der Waals surface area contributed by atoms with Gasteiger partial charge in [-0.25, -0.2) is 4.79 Å². The molecule has 0 saturated carbocycles. The molecule has 1 saturated heterocycles. The number of carbonyl (C=O) groups is 1. The lowest BCUT2D eigenvalue weighted by molar-refractivity contribution is 0.0402. The summed E-state index contributed by atoms with van der Waals surface area (Å²) < 4.78 is 6.21. The number of hydrogen-bond acceptors (Lipinski definition) is 5. The average molecular weight is 457 g/mol.